The van der Waals surface area contributed by atoms with Crippen molar-refractivity contribution in [2.75, 3.05) is 26.9 Å². The maximum atomic E-state index is 9.22. The summed E-state index contributed by atoms with van der Waals surface area (Å²) in [5, 5.41) is 9.22. The molecule has 0 aliphatic carbocycles. The standard InChI is InChI=1S/C10H21NO2/c1-10(2,8-12)11(3)9-4-6-13-7-5-9/h9,12H,4-8H2,1-3H3. The summed E-state index contributed by atoms with van der Waals surface area (Å²) in [4.78, 5) is 2.27. The van der Waals surface area contributed by atoms with Crippen LogP contribution in [0, 0.1) is 0 Å². The zero-order valence-electron chi connectivity index (χ0n) is 8.92. The molecule has 78 valence electrons. The molecule has 13 heavy (non-hydrogen) atoms. The Kier molecular flexibility index (Phi) is 3.71. The molecule has 0 radical (unpaired) electrons. The van der Waals surface area contributed by atoms with Gasteiger partial charge < -0.3 is 9.84 Å². The van der Waals surface area contributed by atoms with Crippen LogP contribution in [0.3, 0.4) is 0 Å². The summed E-state index contributed by atoms with van der Waals surface area (Å²) in [6, 6.07) is 0.566. The second-order valence-electron chi connectivity index (χ2n) is 4.42. The van der Waals surface area contributed by atoms with Gasteiger partial charge in [-0.1, -0.05) is 0 Å². The summed E-state index contributed by atoms with van der Waals surface area (Å²) in [5.41, 5.74) is -0.109. The molecule has 3 heteroatoms. The Morgan fingerprint density at radius 3 is 2.38 bits per heavy atom. The van der Waals surface area contributed by atoms with Gasteiger partial charge in [0.05, 0.1) is 6.61 Å². The van der Waals surface area contributed by atoms with Gasteiger partial charge in [-0.05, 0) is 33.7 Å². The summed E-state index contributed by atoms with van der Waals surface area (Å²) in [7, 11) is 2.09. The monoisotopic (exact) mass is 187 g/mol. The third-order valence-electron chi connectivity index (χ3n) is 3.08. The van der Waals surface area contributed by atoms with Crippen LogP contribution in [0.2, 0.25) is 0 Å². The first-order valence-corrected chi connectivity index (χ1v) is 4.99. The molecule has 0 atom stereocenters. The zero-order chi connectivity index (χ0) is 9.90. The highest BCUT2D eigenvalue weighted by Gasteiger charge is 2.29. The number of hydrogen-bond acceptors (Lipinski definition) is 3. The van der Waals surface area contributed by atoms with Crippen molar-refractivity contribution in [2.24, 2.45) is 0 Å². The molecular formula is C10H21NO2. The Bertz CT molecular complexity index is 153. The largest absolute Gasteiger partial charge is 0.394 e. The maximum absolute atomic E-state index is 9.22. The van der Waals surface area contributed by atoms with Crippen molar-refractivity contribution in [3.8, 4) is 0 Å². The van der Waals surface area contributed by atoms with Gasteiger partial charge in [-0.2, -0.15) is 0 Å². The lowest BCUT2D eigenvalue weighted by molar-refractivity contribution is -0.0119. The van der Waals surface area contributed by atoms with E-state index >= 15 is 0 Å². The number of nitrogens with zero attached hydrogens (tertiary/aromatic N) is 1. The maximum Gasteiger partial charge on any atom is 0.0610 e. The molecule has 3 nitrogen and oxygen atoms in total. The Morgan fingerprint density at radius 2 is 1.92 bits per heavy atom. The number of likely N-dealkylation sites (N-methyl/N-ethyl adjacent to an activating group) is 1. The number of rotatable bonds is 3. The van der Waals surface area contributed by atoms with Crippen LogP contribution in [0.15, 0.2) is 0 Å². The lowest BCUT2D eigenvalue weighted by Gasteiger charge is -2.41. The summed E-state index contributed by atoms with van der Waals surface area (Å²) in [6.07, 6.45) is 2.17. The third kappa shape index (κ3) is 2.66. The van der Waals surface area contributed by atoms with Crippen LogP contribution in [-0.2, 0) is 4.74 Å². The van der Waals surface area contributed by atoms with E-state index in [0.29, 0.717) is 6.04 Å². The normalized spacial score (nSPS) is 21.0. The van der Waals surface area contributed by atoms with Gasteiger partial charge in [-0.25, -0.2) is 0 Å². The highest BCUT2D eigenvalue weighted by molar-refractivity contribution is 4.84. The van der Waals surface area contributed by atoms with Crippen LogP contribution < -0.4 is 0 Å². The van der Waals surface area contributed by atoms with Crippen LogP contribution >= 0.6 is 0 Å². The number of hydrogen-bond donors (Lipinski definition) is 1. The quantitative estimate of drug-likeness (QED) is 0.711. The lowest BCUT2D eigenvalue weighted by atomic mass is 9.98. The van der Waals surface area contributed by atoms with Crippen LogP contribution in [0.4, 0.5) is 0 Å². The minimum Gasteiger partial charge on any atom is -0.394 e. The van der Waals surface area contributed by atoms with Gasteiger partial charge in [0.2, 0.25) is 0 Å². The lowest BCUT2D eigenvalue weighted by Crippen LogP contribution is -2.51. The van der Waals surface area contributed by atoms with Gasteiger partial charge >= 0.3 is 0 Å². The third-order valence-corrected chi connectivity index (χ3v) is 3.08. The van der Waals surface area contributed by atoms with Crippen molar-refractivity contribution in [3.05, 3.63) is 0 Å². The van der Waals surface area contributed by atoms with Gasteiger partial charge in [0.1, 0.15) is 0 Å². The van der Waals surface area contributed by atoms with E-state index in [-0.39, 0.29) is 12.1 Å². The average molecular weight is 187 g/mol. The van der Waals surface area contributed by atoms with E-state index in [2.05, 4.69) is 25.8 Å². The molecule has 1 rings (SSSR count). The van der Waals surface area contributed by atoms with E-state index in [1.807, 2.05) is 0 Å². The Morgan fingerprint density at radius 1 is 1.38 bits per heavy atom. The summed E-state index contributed by atoms with van der Waals surface area (Å²) in [6.45, 7) is 6.07. The summed E-state index contributed by atoms with van der Waals surface area (Å²) < 4.78 is 5.31. The molecule has 1 heterocycles. The predicted octanol–water partition coefficient (Wildman–Crippen LogP) is 0.868. The zero-order valence-corrected chi connectivity index (χ0v) is 8.92. The fourth-order valence-corrected chi connectivity index (χ4v) is 1.68. The van der Waals surface area contributed by atoms with Crippen LogP contribution in [0.25, 0.3) is 0 Å². The molecule has 1 N–H and O–H groups in total. The molecule has 0 bridgehead atoms. The van der Waals surface area contributed by atoms with Crippen molar-refractivity contribution in [1.29, 1.82) is 0 Å². The second kappa shape index (κ2) is 4.40. The molecule has 0 aromatic rings. The average Bonchev–Trinajstić information content (AvgIpc) is 2.18. The first-order chi connectivity index (χ1) is 6.08. The first-order valence-electron chi connectivity index (χ1n) is 4.99. The van der Waals surface area contributed by atoms with Gasteiger partial charge in [0.25, 0.3) is 0 Å². The fourth-order valence-electron chi connectivity index (χ4n) is 1.68. The number of aliphatic hydroxyl groups is 1. The van der Waals surface area contributed by atoms with E-state index in [1.165, 1.54) is 0 Å². The smallest absolute Gasteiger partial charge is 0.0610 e. The second-order valence-corrected chi connectivity index (χ2v) is 4.42. The van der Waals surface area contributed by atoms with E-state index in [1.54, 1.807) is 0 Å². The minimum atomic E-state index is -0.109. The summed E-state index contributed by atoms with van der Waals surface area (Å²) >= 11 is 0. The highest BCUT2D eigenvalue weighted by Crippen LogP contribution is 2.21. The molecule has 0 spiro atoms. The number of aliphatic hydroxyl groups excluding tert-OH is 1. The van der Waals surface area contributed by atoms with Crippen LogP contribution in [-0.4, -0.2) is 48.5 Å². The van der Waals surface area contributed by atoms with Crippen molar-refractivity contribution >= 4 is 0 Å². The SMILES string of the molecule is CN(C1CCOCC1)C(C)(C)CO. The van der Waals surface area contributed by atoms with Crippen molar-refractivity contribution in [3.63, 3.8) is 0 Å². The molecule has 1 fully saturated rings. The summed E-state index contributed by atoms with van der Waals surface area (Å²) in [5.74, 6) is 0. The van der Waals surface area contributed by atoms with E-state index in [0.717, 1.165) is 26.1 Å². The van der Waals surface area contributed by atoms with Gasteiger partial charge in [0.15, 0.2) is 0 Å². The Labute approximate surface area is 80.7 Å². The molecule has 0 aromatic heterocycles. The molecule has 1 aliphatic rings. The molecule has 0 amide bonds. The van der Waals surface area contributed by atoms with Gasteiger partial charge in [-0.3, -0.25) is 4.90 Å². The van der Waals surface area contributed by atoms with Crippen molar-refractivity contribution in [1.82, 2.24) is 4.90 Å². The van der Waals surface area contributed by atoms with Gasteiger partial charge in [0, 0.05) is 24.8 Å². The Hall–Kier alpha value is -0.120. The van der Waals surface area contributed by atoms with E-state index in [4.69, 9.17) is 4.74 Å². The Balaban J connectivity index is 2.49. The molecule has 0 unspecified atom stereocenters. The minimum absolute atomic E-state index is 0.109. The van der Waals surface area contributed by atoms with Gasteiger partial charge in [-0.15, -0.1) is 0 Å². The molecular weight excluding hydrogens is 166 g/mol. The molecule has 1 aliphatic heterocycles. The topological polar surface area (TPSA) is 32.7 Å². The molecule has 0 aromatic carbocycles. The van der Waals surface area contributed by atoms with Crippen molar-refractivity contribution < 1.29 is 9.84 Å². The first kappa shape index (κ1) is 11.0. The van der Waals surface area contributed by atoms with E-state index in [9.17, 15) is 5.11 Å². The van der Waals surface area contributed by atoms with Crippen LogP contribution in [0.1, 0.15) is 26.7 Å². The number of ether oxygens (including phenoxy) is 1. The molecule has 0 saturated carbocycles. The molecule has 1 saturated heterocycles. The predicted molar refractivity (Wildman–Crippen MR) is 52.8 cm³/mol. The highest BCUT2D eigenvalue weighted by atomic mass is 16.5. The fraction of sp³-hybridized carbons (Fsp3) is 1.00. The van der Waals surface area contributed by atoms with Crippen LogP contribution in [0.5, 0.6) is 0 Å². The van der Waals surface area contributed by atoms with E-state index < -0.39 is 0 Å². The van der Waals surface area contributed by atoms with Crippen molar-refractivity contribution in [2.45, 2.75) is 38.3 Å².